The number of rotatable bonds is 6. The molecule has 0 spiro atoms. The van der Waals surface area contributed by atoms with E-state index in [2.05, 4.69) is 4.52 Å². The van der Waals surface area contributed by atoms with Gasteiger partial charge in [0, 0.05) is 5.88 Å². The molecule has 0 rings (SSSR count). The summed E-state index contributed by atoms with van der Waals surface area (Å²) in [6.45, 7) is 5.15. The molecule has 0 saturated carbocycles. The minimum absolute atomic E-state index is 0.0534. The van der Waals surface area contributed by atoms with Crippen molar-refractivity contribution in [1.29, 1.82) is 0 Å². The van der Waals surface area contributed by atoms with Gasteiger partial charge in [-0.05, 0) is 20.3 Å². The Balaban J connectivity index is 4.08. The second kappa shape index (κ2) is 5.32. The Morgan fingerprint density at radius 1 is 1.54 bits per heavy atom. The zero-order chi connectivity index (χ0) is 10.5. The summed E-state index contributed by atoms with van der Waals surface area (Å²) in [6.07, 6.45) is 0.587. The van der Waals surface area contributed by atoms with Gasteiger partial charge in [-0.1, -0.05) is 6.92 Å². The first-order valence-corrected chi connectivity index (χ1v) is 6.05. The maximum atomic E-state index is 11.1. The fraction of sp³-hybridized carbons (Fsp3) is 1.00. The van der Waals surface area contributed by atoms with Crippen LogP contribution < -0.4 is 4.89 Å². The van der Waals surface area contributed by atoms with Crippen molar-refractivity contribution in [2.45, 2.75) is 32.8 Å². The summed E-state index contributed by atoms with van der Waals surface area (Å²) in [6, 6.07) is 0. The van der Waals surface area contributed by atoms with Crippen molar-refractivity contribution in [2.75, 3.05) is 12.5 Å². The number of hydrogen-bond acceptors (Lipinski definition) is 4. The molecule has 0 aromatic rings. The summed E-state index contributed by atoms with van der Waals surface area (Å²) in [4.78, 5) is 11.1. The van der Waals surface area contributed by atoms with Gasteiger partial charge in [-0.15, -0.1) is 11.6 Å². The van der Waals surface area contributed by atoms with E-state index in [1.165, 1.54) is 0 Å². The van der Waals surface area contributed by atoms with Gasteiger partial charge in [-0.3, -0.25) is 4.57 Å². The van der Waals surface area contributed by atoms with E-state index in [0.29, 0.717) is 6.42 Å². The predicted octanol–water partition coefficient (Wildman–Crippen LogP) is 1.92. The van der Waals surface area contributed by atoms with Gasteiger partial charge in [-0.25, -0.2) is 0 Å². The molecule has 0 aromatic carbocycles. The molecule has 0 bridgehead atoms. The first kappa shape index (κ1) is 13.4. The summed E-state index contributed by atoms with van der Waals surface area (Å²) in [5, 5.41) is 0. The van der Waals surface area contributed by atoms with Crippen LogP contribution >= 0.6 is 19.4 Å². The maximum Gasteiger partial charge on any atom is 0.268 e. The Morgan fingerprint density at radius 2 is 2.08 bits per heavy atom. The zero-order valence-corrected chi connectivity index (χ0v) is 9.73. The predicted molar refractivity (Wildman–Crippen MR) is 49.7 cm³/mol. The van der Waals surface area contributed by atoms with Crippen molar-refractivity contribution >= 4 is 19.4 Å². The standard InChI is InChI=1S/C7H16ClO4P/c1-4-7(2,3)12-13(9,10)11-6-5-8/h4-6H2,1-3H3,(H,9,10)/p-1. The number of alkyl halides is 1. The molecule has 0 fully saturated rings. The van der Waals surface area contributed by atoms with E-state index in [4.69, 9.17) is 16.1 Å². The van der Waals surface area contributed by atoms with Crippen LogP contribution in [0.4, 0.5) is 0 Å². The molecule has 0 N–H and O–H groups in total. The number of halogens is 1. The van der Waals surface area contributed by atoms with Crippen LogP contribution in [-0.4, -0.2) is 18.1 Å². The van der Waals surface area contributed by atoms with Crippen LogP contribution in [0.25, 0.3) is 0 Å². The largest absolute Gasteiger partial charge is 0.756 e. The van der Waals surface area contributed by atoms with E-state index in [0.717, 1.165) is 0 Å². The summed E-state index contributed by atoms with van der Waals surface area (Å²) >= 11 is 5.27. The van der Waals surface area contributed by atoms with E-state index < -0.39 is 13.4 Å². The quantitative estimate of drug-likeness (QED) is 0.516. The molecule has 0 amide bonds. The number of hydrogen-bond donors (Lipinski definition) is 0. The highest BCUT2D eigenvalue weighted by atomic mass is 35.5. The molecule has 13 heavy (non-hydrogen) atoms. The molecule has 0 radical (unpaired) electrons. The molecule has 0 aromatic heterocycles. The normalized spacial score (nSPS) is 17.0. The lowest BCUT2D eigenvalue weighted by Gasteiger charge is -2.32. The fourth-order valence-electron chi connectivity index (χ4n) is 0.540. The Kier molecular flexibility index (Phi) is 5.49. The van der Waals surface area contributed by atoms with E-state index in [1.807, 2.05) is 6.92 Å². The van der Waals surface area contributed by atoms with Gasteiger partial charge < -0.3 is 13.9 Å². The van der Waals surface area contributed by atoms with Crippen LogP contribution in [0.1, 0.15) is 27.2 Å². The maximum absolute atomic E-state index is 11.1. The molecular weight excluding hydrogens is 214 g/mol. The number of phosphoric acid groups is 1. The topological polar surface area (TPSA) is 58.6 Å². The Bertz CT molecular complexity index is 195. The highest BCUT2D eigenvalue weighted by molar-refractivity contribution is 7.45. The monoisotopic (exact) mass is 229 g/mol. The van der Waals surface area contributed by atoms with Crippen LogP contribution in [0, 0.1) is 0 Å². The van der Waals surface area contributed by atoms with Gasteiger partial charge in [0.1, 0.15) is 0 Å². The van der Waals surface area contributed by atoms with Gasteiger partial charge in [0.15, 0.2) is 0 Å². The SMILES string of the molecule is CCC(C)(C)OP(=O)([O-])OCCCl. The average molecular weight is 230 g/mol. The Hall–Kier alpha value is 0.400. The van der Waals surface area contributed by atoms with E-state index >= 15 is 0 Å². The molecule has 0 aliphatic heterocycles. The van der Waals surface area contributed by atoms with Crippen LogP contribution in [-0.2, 0) is 13.6 Å². The van der Waals surface area contributed by atoms with Crippen molar-refractivity contribution in [3.05, 3.63) is 0 Å². The summed E-state index contributed by atoms with van der Waals surface area (Å²) in [5.74, 6) is 0.127. The first-order valence-electron chi connectivity index (χ1n) is 4.05. The molecule has 1 atom stereocenters. The molecule has 1 unspecified atom stereocenters. The molecular formula is C7H15ClO4P-. The molecule has 0 heterocycles. The van der Waals surface area contributed by atoms with E-state index in [9.17, 15) is 9.46 Å². The van der Waals surface area contributed by atoms with Gasteiger partial charge in [-0.2, -0.15) is 0 Å². The highest BCUT2D eigenvalue weighted by Crippen LogP contribution is 2.43. The summed E-state index contributed by atoms with van der Waals surface area (Å²) < 4.78 is 20.3. The third-order valence-electron chi connectivity index (χ3n) is 1.54. The van der Waals surface area contributed by atoms with E-state index in [-0.39, 0.29) is 12.5 Å². The average Bonchev–Trinajstić information content (AvgIpc) is 1.99. The van der Waals surface area contributed by atoms with Crippen LogP contribution in [0.5, 0.6) is 0 Å². The van der Waals surface area contributed by atoms with Crippen LogP contribution in [0.2, 0.25) is 0 Å². The molecule has 6 heteroatoms. The van der Waals surface area contributed by atoms with Crippen LogP contribution in [0.3, 0.4) is 0 Å². The fourth-order valence-corrected chi connectivity index (χ4v) is 1.83. The van der Waals surface area contributed by atoms with Crippen molar-refractivity contribution in [3.8, 4) is 0 Å². The van der Waals surface area contributed by atoms with E-state index in [1.54, 1.807) is 13.8 Å². The molecule has 0 aliphatic carbocycles. The molecule has 4 nitrogen and oxygen atoms in total. The summed E-state index contributed by atoms with van der Waals surface area (Å²) in [5.41, 5.74) is -0.719. The minimum atomic E-state index is -4.18. The van der Waals surface area contributed by atoms with Crippen molar-refractivity contribution in [2.24, 2.45) is 0 Å². The van der Waals surface area contributed by atoms with Crippen molar-refractivity contribution in [1.82, 2.24) is 0 Å². The first-order chi connectivity index (χ1) is 5.83. The van der Waals surface area contributed by atoms with Gasteiger partial charge in [0.2, 0.25) is 0 Å². The lowest BCUT2D eigenvalue weighted by molar-refractivity contribution is -0.234. The Labute approximate surface area is 83.8 Å². The highest BCUT2D eigenvalue weighted by Gasteiger charge is 2.23. The van der Waals surface area contributed by atoms with Crippen molar-refractivity contribution < 1.29 is 18.5 Å². The van der Waals surface area contributed by atoms with Gasteiger partial charge in [0.25, 0.3) is 7.82 Å². The molecule has 0 aliphatic rings. The zero-order valence-electron chi connectivity index (χ0n) is 8.08. The lowest BCUT2D eigenvalue weighted by Crippen LogP contribution is -2.25. The molecule has 80 valence electrons. The second-order valence-corrected chi connectivity index (χ2v) is 4.89. The second-order valence-electron chi connectivity index (χ2n) is 3.17. The third-order valence-corrected chi connectivity index (χ3v) is 2.91. The third kappa shape index (κ3) is 6.47. The summed E-state index contributed by atoms with van der Waals surface area (Å²) in [7, 11) is -4.18. The Morgan fingerprint density at radius 3 is 2.46 bits per heavy atom. The minimum Gasteiger partial charge on any atom is -0.756 e. The van der Waals surface area contributed by atoms with Gasteiger partial charge in [0.05, 0.1) is 12.2 Å². The molecule has 0 saturated heterocycles. The smallest absolute Gasteiger partial charge is 0.268 e. The number of phosphoric ester groups is 1. The van der Waals surface area contributed by atoms with Crippen molar-refractivity contribution in [3.63, 3.8) is 0 Å². The lowest BCUT2D eigenvalue weighted by atomic mass is 10.1. The van der Waals surface area contributed by atoms with Crippen LogP contribution in [0.15, 0.2) is 0 Å². The van der Waals surface area contributed by atoms with Gasteiger partial charge >= 0.3 is 0 Å².